The van der Waals surface area contributed by atoms with E-state index in [0.29, 0.717) is 17.4 Å². The molecule has 0 aliphatic rings. The molecule has 0 saturated heterocycles. The summed E-state index contributed by atoms with van der Waals surface area (Å²) in [4.78, 5) is 0. The fraction of sp³-hybridized carbons (Fsp3) is 0.182. The highest BCUT2D eigenvalue weighted by atomic mass is 35.5. The summed E-state index contributed by atoms with van der Waals surface area (Å²) in [5, 5.41) is 5.31. The molecule has 2 N–H and O–H groups in total. The molecule has 1 heterocycles. The number of nitrogens with zero attached hydrogens (tertiary/aromatic N) is 2. The second-order valence-corrected chi connectivity index (χ2v) is 4.45. The van der Waals surface area contributed by atoms with Crippen LogP contribution in [0.4, 0.5) is 5.82 Å². The Morgan fingerprint density at radius 3 is 2.69 bits per heavy atom. The van der Waals surface area contributed by atoms with Crippen molar-refractivity contribution >= 4 is 29.0 Å². The van der Waals surface area contributed by atoms with E-state index in [1.165, 1.54) is 0 Å². The minimum Gasteiger partial charge on any atom is -0.383 e. The molecule has 0 bridgehead atoms. The number of aryl methyl sites for hydroxylation is 1. The molecule has 0 fully saturated rings. The molecule has 0 aliphatic heterocycles. The fourth-order valence-electron chi connectivity index (χ4n) is 1.50. The molecule has 5 heteroatoms. The van der Waals surface area contributed by atoms with E-state index in [1.807, 2.05) is 25.1 Å². The minimum absolute atomic E-state index is 0.478. The van der Waals surface area contributed by atoms with E-state index in [4.69, 9.17) is 28.9 Å². The van der Waals surface area contributed by atoms with Crippen molar-refractivity contribution in [1.29, 1.82) is 0 Å². The van der Waals surface area contributed by atoms with Crippen LogP contribution in [-0.2, 0) is 6.54 Å². The van der Waals surface area contributed by atoms with E-state index < -0.39 is 0 Å². The van der Waals surface area contributed by atoms with Crippen molar-refractivity contribution in [1.82, 2.24) is 9.78 Å². The SMILES string of the molecule is Cc1cc(Cl)ccc1Cn1ncc(Cl)c1N. The third kappa shape index (κ3) is 2.15. The highest BCUT2D eigenvalue weighted by molar-refractivity contribution is 6.32. The molecule has 16 heavy (non-hydrogen) atoms. The van der Waals surface area contributed by atoms with Gasteiger partial charge in [-0.2, -0.15) is 5.10 Å². The van der Waals surface area contributed by atoms with Crippen LogP contribution in [0.1, 0.15) is 11.1 Å². The number of hydrogen-bond acceptors (Lipinski definition) is 2. The smallest absolute Gasteiger partial charge is 0.140 e. The summed E-state index contributed by atoms with van der Waals surface area (Å²) < 4.78 is 1.67. The van der Waals surface area contributed by atoms with E-state index in [9.17, 15) is 0 Å². The molecular weight excluding hydrogens is 245 g/mol. The van der Waals surface area contributed by atoms with Crippen LogP contribution in [0.15, 0.2) is 24.4 Å². The maximum atomic E-state index is 5.89. The minimum atomic E-state index is 0.478. The molecule has 0 amide bonds. The zero-order valence-electron chi connectivity index (χ0n) is 8.74. The van der Waals surface area contributed by atoms with Crippen LogP contribution in [0, 0.1) is 6.92 Å². The van der Waals surface area contributed by atoms with Crippen LogP contribution in [-0.4, -0.2) is 9.78 Å². The summed E-state index contributed by atoms with van der Waals surface area (Å²) >= 11 is 11.7. The Morgan fingerprint density at radius 1 is 1.38 bits per heavy atom. The lowest BCUT2D eigenvalue weighted by molar-refractivity contribution is 0.694. The summed E-state index contributed by atoms with van der Waals surface area (Å²) in [7, 11) is 0. The Hall–Kier alpha value is -1.19. The van der Waals surface area contributed by atoms with Gasteiger partial charge in [-0.25, -0.2) is 4.68 Å². The molecule has 0 aliphatic carbocycles. The molecule has 2 aromatic rings. The summed E-state index contributed by atoms with van der Waals surface area (Å²) in [6.07, 6.45) is 1.54. The van der Waals surface area contributed by atoms with Gasteiger partial charge in [-0.1, -0.05) is 29.3 Å². The lowest BCUT2D eigenvalue weighted by Gasteiger charge is -2.08. The zero-order valence-corrected chi connectivity index (χ0v) is 10.3. The molecule has 1 aromatic carbocycles. The van der Waals surface area contributed by atoms with Gasteiger partial charge in [0, 0.05) is 5.02 Å². The Bertz CT molecular complexity index is 520. The molecule has 0 spiro atoms. The molecule has 0 saturated carbocycles. The van der Waals surface area contributed by atoms with Gasteiger partial charge in [0.15, 0.2) is 0 Å². The van der Waals surface area contributed by atoms with Gasteiger partial charge >= 0.3 is 0 Å². The van der Waals surface area contributed by atoms with Crippen LogP contribution in [0.25, 0.3) is 0 Å². The molecule has 84 valence electrons. The van der Waals surface area contributed by atoms with E-state index in [2.05, 4.69) is 5.10 Å². The monoisotopic (exact) mass is 255 g/mol. The topological polar surface area (TPSA) is 43.8 Å². The normalized spacial score (nSPS) is 10.7. The first-order valence-corrected chi connectivity index (χ1v) is 5.55. The summed E-state index contributed by atoms with van der Waals surface area (Å²) in [6, 6.07) is 5.73. The Kier molecular flexibility index (Phi) is 3.08. The molecule has 0 radical (unpaired) electrons. The highest BCUT2D eigenvalue weighted by Gasteiger charge is 2.07. The van der Waals surface area contributed by atoms with Crippen LogP contribution in [0.3, 0.4) is 0 Å². The lowest BCUT2D eigenvalue weighted by Crippen LogP contribution is -2.06. The molecule has 1 aromatic heterocycles. The van der Waals surface area contributed by atoms with E-state index in [1.54, 1.807) is 10.9 Å². The second kappa shape index (κ2) is 4.36. The number of rotatable bonds is 2. The van der Waals surface area contributed by atoms with Gasteiger partial charge in [-0.15, -0.1) is 0 Å². The van der Waals surface area contributed by atoms with Gasteiger partial charge in [-0.05, 0) is 30.2 Å². The number of halogens is 2. The zero-order chi connectivity index (χ0) is 11.7. The molecule has 0 atom stereocenters. The second-order valence-electron chi connectivity index (χ2n) is 3.61. The van der Waals surface area contributed by atoms with Crippen molar-refractivity contribution in [3.8, 4) is 0 Å². The average Bonchev–Trinajstić information content (AvgIpc) is 2.54. The van der Waals surface area contributed by atoms with Crippen LogP contribution in [0.2, 0.25) is 10.0 Å². The van der Waals surface area contributed by atoms with Crippen molar-refractivity contribution in [3.63, 3.8) is 0 Å². The van der Waals surface area contributed by atoms with Gasteiger partial charge in [0.05, 0.1) is 12.7 Å². The molecule has 3 nitrogen and oxygen atoms in total. The predicted molar refractivity (Wildman–Crippen MR) is 66.9 cm³/mol. The van der Waals surface area contributed by atoms with E-state index in [-0.39, 0.29) is 0 Å². The number of nitrogens with two attached hydrogens (primary N) is 1. The van der Waals surface area contributed by atoms with Crippen molar-refractivity contribution in [2.45, 2.75) is 13.5 Å². The first kappa shape index (κ1) is 11.3. The molecular formula is C11H11Cl2N3. The lowest BCUT2D eigenvalue weighted by atomic mass is 10.1. The first-order valence-electron chi connectivity index (χ1n) is 4.79. The van der Waals surface area contributed by atoms with Gasteiger partial charge in [0.2, 0.25) is 0 Å². The predicted octanol–water partition coefficient (Wildman–Crippen LogP) is 3.13. The Balaban J connectivity index is 2.30. The summed E-state index contributed by atoms with van der Waals surface area (Å²) in [6.45, 7) is 2.60. The number of nitrogen functional groups attached to an aromatic ring is 1. The quantitative estimate of drug-likeness (QED) is 0.897. The third-order valence-electron chi connectivity index (χ3n) is 2.46. The Labute approximate surface area is 104 Å². The van der Waals surface area contributed by atoms with Crippen molar-refractivity contribution in [2.24, 2.45) is 0 Å². The third-order valence-corrected chi connectivity index (χ3v) is 2.98. The molecule has 0 unspecified atom stereocenters. The van der Waals surface area contributed by atoms with Gasteiger partial charge in [-0.3, -0.25) is 0 Å². The van der Waals surface area contributed by atoms with Crippen LogP contribution >= 0.6 is 23.2 Å². The Morgan fingerprint density at radius 2 is 2.12 bits per heavy atom. The van der Waals surface area contributed by atoms with Gasteiger partial charge < -0.3 is 5.73 Å². The average molecular weight is 256 g/mol. The number of anilines is 1. The van der Waals surface area contributed by atoms with Gasteiger partial charge in [0.1, 0.15) is 10.8 Å². The van der Waals surface area contributed by atoms with E-state index in [0.717, 1.165) is 16.1 Å². The standard InChI is InChI=1S/C11H11Cl2N3/c1-7-4-9(12)3-2-8(7)6-16-11(14)10(13)5-15-16/h2-5H,6,14H2,1H3. The number of benzene rings is 1. The van der Waals surface area contributed by atoms with Crippen LogP contribution < -0.4 is 5.73 Å². The maximum Gasteiger partial charge on any atom is 0.140 e. The molecule has 2 rings (SSSR count). The number of aromatic nitrogens is 2. The first-order chi connectivity index (χ1) is 7.58. The summed E-state index contributed by atoms with van der Waals surface area (Å²) in [5.74, 6) is 0.482. The van der Waals surface area contributed by atoms with E-state index >= 15 is 0 Å². The largest absolute Gasteiger partial charge is 0.383 e. The fourth-order valence-corrected chi connectivity index (χ4v) is 1.86. The highest BCUT2D eigenvalue weighted by Crippen LogP contribution is 2.20. The summed E-state index contributed by atoms with van der Waals surface area (Å²) in [5.41, 5.74) is 8.00. The van der Waals surface area contributed by atoms with Crippen molar-refractivity contribution in [2.75, 3.05) is 5.73 Å². The van der Waals surface area contributed by atoms with Crippen LogP contribution in [0.5, 0.6) is 0 Å². The van der Waals surface area contributed by atoms with Crippen molar-refractivity contribution < 1.29 is 0 Å². The van der Waals surface area contributed by atoms with Gasteiger partial charge in [0.25, 0.3) is 0 Å². The van der Waals surface area contributed by atoms with Crippen molar-refractivity contribution in [3.05, 3.63) is 45.6 Å². The maximum absolute atomic E-state index is 5.89. The number of hydrogen-bond donors (Lipinski definition) is 1.